The summed E-state index contributed by atoms with van der Waals surface area (Å²) >= 11 is 1.51. The molecule has 30 heavy (non-hydrogen) atoms. The first-order chi connectivity index (χ1) is 14.7. The monoisotopic (exact) mass is 424 g/mol. The van der Waals surface area contributed by atoms with E-state index in [2.05, 4.69) is 21.4 Å². The van der Waals surface area contributed by atoms with Crippen molar-refractivity contribution >= 4 is 28.1 Å². The summed E-state index contributed by atoms with van der Waals surface area (Å²) in [4.78, 5) is 21.4. The van der Waals surface area contributed by atoms with E-state index in [9.17, 15) is 10.1 Å². The van der Waals surface area contributed by atoms with Gasteiger partial charge in [0.05, 0.1) is 46.3 Å². The molecule has 0 aliphatic heterocycles. The van der Waals surface area contributed by atoms with Crippen LogP contribution in [0.4, 0.5) is 0 Å². The summed E-state index contributed by atoms with van der Waals surface area (Å²) < 4.78 is 10.8. The lowest BCUT2D eigenvalue weighted by molar-refractivity contribution is -0.00408. The topological polar surface area (TPSA) is 100 Å². The number of nitriles is 1. The lowest BCUT2D eigenvalue weighted by Crippen LogP contribution is -2.39. The second-order valence-electron chi connectivity index (χ2n) is 7.44. The van der Waals surface area contributed by atoms with Crippen LogP contribution in [0.1, 0.15) is 41.6 Å². The van der Waals surface area contributed by atoms with Gasteiger partial charge < -0.3 is 19.8 Å². The second kappa shape index (κ2) is 9.39. The molecule has 156 valence electrons. The van der Waals surface area contributed by atoms with Crippen molar-refractivity contribution in [3.8, 4) is 16.5 Å². The number of thiazole rings is 1. The number of rotatable bonds is 7. The Hall–Kier alpha value is -2.73. The van der Waals surface area contributed by atoms with E-state index in [1.807, 2.05) is 12.1 Å². The number of nitrogens with one attached hydrogen (secondary N) is 2. The van der Waals surface area contributed by atoms with E-state index >= 15 is 0 Å². The molecule has 1 amide bonds. The van der Waals surface area contributed by atoms with E-state index < -0.39 is 0 Å². The van der Waals surface area contributed by atoms with Gasteiger partial charge in [-0.15, -0.1) is 11.3 Å². The number of ether oxygens (including phenoxy) is 2. The van der Waals surface area contributed by atoms with Gasteiger partial charge in [0.25, 0.3) is 5.91 Å². The normalized spacial score (nSPS) is 18.9. The summed E-state index contributed by atoms with van der Waals surface area (Å²) in [5.74, 6) is -0.124. The molecule has 0 bridgehead atoms. The van der Waals surface area contributed by atoms with Crippen LogP contribution in [0.5, 0.6) is 0 Å². The van der Waals surface area contributed by atoms with Gasteiger partial charge in [0.2, 0.25) is 0 Å². The van der Waals surface area contributed by atoms with Crippen molar-refractivity contribution in [2.45, 2.75) is 37.8 Å². The standard InChI is InChI=1S/C22H24N4O3S/c1-28-6-7-29-17-4-2-16(3-5-17)26-22(27)19-9-14(20-12-24-13-30-20)8-18-15(10-23)11-25-21(18)19/h8-9,11-13,16-17,25H,2-7H2,1H3,(H,26,27)/t16-,17-. The number of amides is 1. The van der Waals surface area contributed by atoms with Crippen LogP contribution in [0.2, 0.25) is 0 Å². The van der Waals surface area contributed by atoms with Gasteiger partial charge >= 0.3 is 0 Å². The highest BCUT2D eigenvalue weighted by Gasteiger charge is 2.24. The third kappa shape index (κ3) is 4.38. The molecule has 2 aromatic heterocycles. The van der Waals surface area contributed by atoms with Crippen molar-refractivity contribution in [1.29, 1.82) is 5.26 Å². The highest BCUT2D eigenvalue weighted by molar-refractivity contribution is 7.13. The fraction of sp³-hybridized carbons (Fsp3) is 0.409. The molecule has 8 heteroatoms. The third-order valence-electron chi connectivity index (χ3n) is 5.52. The van der Waals surface area contributed by atoms with Crippen LogP contribution < -0.4 is 5.32 Å². The Balaban J connectivity index is 1.51. The average molecular weight is 425 g/mol. The summed E-state index contributed by atoms with van der Waals surface area (Å²) in [6.07, 6.45) is 7.27. The number of aromatic nitrogens is 2. The smallest absolute Gasteiger partial charge is 0.253 e. The minimum atomic E-state index is -0.124. The van der Waals surface area contributed by atoms with E-state index in [1.54, 1.807) is 25.0 Å². The Labute approximate surface area is 179 Å². The van der Waals surface area contributed by atoms with E-state index in [-0.39, 0.29) is 18.1 Å². The zero-order valence-electron chi connectivity index (χ0n) is 16.8. The largest absolute Gasteiger partial charge is 0.382 e. The Morgan fingerprint density at radius 3 is 2.87 bits per heavy atom. The lowest BCUT2D eigenvalue weighted by Gasteiger charge is -2.29. The van der Waals surface area contributed by atoms with Crippen molar-refractivity contribution in [1.82, 2.24) is 15.3 Å². The Kier molecular flexibility index (Phi) is 6.43. The maximum atomic E-state index is 13.2. The van der Waals surface area contributed by atoms with Gasteiger partial charge in [0.1, 0.15) is 6.07 Å². The van der Waals surface area contributed by atoms with Gasteiger partial charge in [0.15, 0.2) is 0 Å². The molecule has 4 rings (SSSR count). The molecule has 0 saturated heterocycles. The predicted octanol–water partition coefficient (Wildman–Crippen LogP) is 3.87. The highest BCUT2D eigenvalue weighted by Crippen LogP contribution is 2.31. The van der Waals surface area contributed by atoms with Gasteiger partial charge in [-0.1, -0.05) is 0 Å². The predicted molar refractivity (Wildman–Crippen MR) is 115 cm³/mol. The zero-order chi connectivity index (χ0) is 20.9. The molecule has 3 aromatic rings. The van der Waals surface area contributed by atoms with Crippen molar-refractivity contribution < 1.29 is 14.3 Å². The maximum absolute atomic E-state index is 13.2. The van der Waals surface area contributed by atoms with Crippen molar-refractivity contribution in [3.63, 3.8) is 0 Å². The van der Waals surface area contributed by atoms with E-state index in [0.717, 1.165) is 41.5 Å². The van der Waals surface area contributed by atoms with Crippen LogP contribution in [0.3, 0.4) is 0 Å². The van der Waals surface area contributed by atoms with E-state index in [4.69, 9.17) is 9.47 Å². The van der Waals surface area contributed by atoms with Gasteiger partial charge in [0, 0.05) is 30.9 Å². The Bertz CT molecular complexity index is 1050. The number of fused-ring (bicyclic) bond motifs is 1. The van der Waals surface area contributed by atoms with Gasteiger partial charge in [-0.3, -0.25) is 9.78 Å². The molecule has 1 aromatic carbocycles. The first kappa shape index (κ1) is 20.5. The molecule has 1 saturated carbocycles. The van der Waals surface area contributed by atoms with Crippen LogP contribution >= 0.6 is 11.3 Å². The summed E-state index contributed by atoms with van der Waals surface area (Å²) in [7, 11) is 1.67. The summed E-state index contributed by atoms with van der Waals surface area (Å²) in [6.45, 7) is 1.21. The number of hydrogen-bond acceptors (Lipinski definition) is 6. The molecule has 1 fully saturated rings. The number of H-pyrrole nitrogens is 1. The molecule has 2 heterocycles. The van der Waals surface area contributed by atoms with Crippen molar-refractivity contribution in [2.24, 2.45) is 0 Å². The summed E-state index contributed by atoms with van der Waals surface area (Å²) in [5.41, 5.74) is 4.42. The highest BCUT2D eigenvalue weighted by atomic mass is 32.1. The summed E-state index contributed by atoms with van der Waals surface area (Å²) in [5, 5.41) is 13.4. The number of aromatic amines is 1. The second-order valence-corrected chi connectivity index (χ2v) is 8.32. The fourth-order valence-corrected chi connectivity index (χ4v) is 4.55. The van der Waals surface area contributed by atoms with E-state index in [1.165, 1.54) is 11.3 Å². The Morgan fingerprint density at radius 1 is 1.33 bits per heavy atom. The number of nitrogens with zero attached hydrogens (tertiary/aromatic N) is 2. The molecule has 2 N–H and O–H groups in total. The number of methoxy groups -OCH3 is 1. The molecule has 0 radical (unpaired) electrons. The van der Waals surface area contributed by atoms with Crippen LogP contribution in [0, 0.1) is 11.3 Å². The van der Waals surface area contributed by atoms with Crippen LogP contribution in [0.25, 0.3) is 21.3 Å². The first-order valence-corrected chi connectivity index (χ1v) is 10.9. The zero-order valence-corrected chi connectivity index (χ0v) is 17.6. The quantitative estimate of drug-likeness (QED) is 0.561. The minimum absolute atomic E-state index is 0.118. The summed E-state index contributed by atoms with van der Waals surface area (Å²) in [6, 6.07) is 6.13. The van der Waals surface area contributed by atoms with Crippen molar-refractivity contribution in [3.05, 3.63) is 41.2 Å². The number of carbonyl (C=O) groups excluding carboxylic acids is 1. The lowest BCUT2D eigenvalue weighted by atomic mass is 9.92. The molecular weight excluding hydrogens is 400 g/mol. The molecular formula is C22H24N4O3S. The maximum Gasteiger partial charge on any atom is 0.253 e. The SMILES string of the molecule is COCCO[C@H]1CC[C@H](NC(=O)c2cc(-c3cncs3)cc3c(C#N)c[nH]c23)CC1. The number of carbonyl (C=O) groups is 1. The van der Waals surface area contributed by atoms with Crippen LogP contribution in [0.15, 0.2) is 30.0 Å². The van der Waals surface area contributed by atoms with Gasteiger partial charge in [-0.05, 0) is 43.4 Å². The fourth-order valence-electron chi connectivity index (χ4n) is 3.94. The molecule has 1 aliphatic carbocycles. The van der Waals surface area contributed by atoms with Gasteiger partial charge in [-0.2, -0.15) is 5.26 Å². The number of hydrogen-bond donors (Lipinski definition) is 2. The molecule has 1 aliphatic rings. The van der Waals surface area contributed by atoms with Gasteiger partial charge in [-0.25, -0.2) is 0 Å². The van der Waals surface area contributed by atoms with Crippen LogP contribution in [-0.2, 0) is 9.47 Å². The number of benzene rings is 1. The van der Waals surface area contributed by atoms with Crippen molar-refractivity contribution in [2.75, 3.05) is 20.3 Å². The average Bonchev–Trinajstić information content (AvgIpc) is 3.44. The minimum Gasteiger partial charge on any atom is -0.382 e. The van der Waals surface area contributed by atoms with E-state index in [0.29, 0.717) is 29.9 Å². The molecule has 0 unspecified atom stereocenters. The third-order valence-corrected chi connectivity index (χ3v) is 6.34. The molecule has 0 atom stereocenters. The molecule has 7 nitrogen and oxygen atoms in total. The Morgan fingerprint density at radius 2 is 2.17 bits per heavy atom. The van der Waals surface area contributed by atoms with Crippen LogP contribution in [-0.4, -0.2) is 48.3 Å². The first-order valence-electron chi connectivity index (χ1n) is 10.0. The molecule has 0 spiro atoms.